The fourth-order valence-electron chi connectivity index (χ4n) is 2.23. The quantitative estimate of drug-likeness (QED) is 0.928. The molecule has 0 aliphatic heterocycles. The lowest BCUT2D eigenvalue weighted by Gasteiger charge is -2.15. The van der Waals surface area contributed by atoms with E-state index in [-0.39, 0.29) is 5.56 Å². The molecule has 1 unspecified atom stereocenters. The topological polar surface area (TPSA) is 43.8 Å². The summed E-state index contributed by atoms with van der Waals surface area (Å²) in [6, 6.07) is 1.89. The van der Waals surface area contributed by atoms with Crippen LogP contribution in [-0.2, 0) is 13.5 Å². The molecule has 0 radical (unpaired) electrons. The van der Waals surface area contributed by atoms with Gasteiger partial charge in [0.1, 0.15) is 11.6 Å². The molecule has 0 fully saturated rings. The van der Waals surface area contributed by atoms with E-state index in [1.54, 1.807) is 18.7 Å². The summed E-state index contributed by atoms with van der Waals surface area (Å²) in [5.74, 6) is -1.19. The lowest BCUT2D eigenvalue weighted by atomic mass is 9.99. The number of rotatable bonds is 3. The highest BCUT2D eigenvalue weighted by Gasteiger charge is 2.21. The van der Waals surface area contributed by atoms with Crippen molar-refractivity contribution in [2.24, 2.45) is 12.8 Å². The molecule has 1 atom stereocenters. The van der Waals surface area contributed by atoms with Gasteiger partial charge in [-0.05, 0) is 41.4 Å². The molecule has 2 N–H and O–H groups in total. The van der Waals surface area contributed by atoms with Crippen LogP contribution in [0.4, 0.5) is 8.78 Å². The third-order valence-electron chi connectivity index (χ3n) is 3.37. The van der Waals surface area contributed by atoms with E-state index < -0.39 is 17.7 Å². The number of nitrogens with two attached hydrogens (primary N) is 1. The molecule has 0 amide bonds. The Hall–Kier alpha value is -1.27. The molecule has 0 aliphatic rings. The third kappa shape index (κ3) is 2.62. The Kier molecular flexibility index (Phi) is 4.25. The standard InChI is InChI=1S/C14H16BrF2N3/c1-7-4-5-9(16)12(14(7)17)10(18)6-11-13(15)8(2)19-20(11)3/h4-5,10H,6,18H2,1-3H3. The first-order valence-corrected chi connectivity index (χ1v) is 7.00. The van der Waals surface area contributed by atoms with Crippen LogP contribution in [0.3, 0.4) is 0 Å². The van der Waals surface area contributed by atoms with Crippen molar-refractivity contribution in [1.82, 2.24) is 9.78 Å². The fourth-order valence-corrected chi connectivity index (χ4v) is 2.73. The van der Waals surface area contributed by atoms with Crippen LogP contribution >= 0.6 is 15.9 Å². The van der Waals surface area contributed by atoms with E-state index in [1.807, 2.05) is 6.92 Å². The van der Waals surface area contributed by atoms with Crippen LogP contribution in [0.2, 0.25) is 0 Å². The van der Waals surface area contributed by atoms with E-state index >= 15 is 0 Å². The monoisotopic (exact) mass is 343 g/mol. The van der Waals surface area contributed by atoms with Gasteiger partial charge in [0.05, 0.1) is 15.9 Å². The Morgan fingerprint density at radius 1 is 1.35 bits per heavy atom. The van der Waals surface area contributed by atoms with E-state index in [4.69, 9.17) is 5.73 Å². The first kappa shape index (κ1) is 15.1. The lowest BCUT2D eigenvalue weighted by Crippen LogP contribution is -2.19. The van der Waals surface area contributed by atoms with Gasteiger partial charge in [0.25, 0.3) is 0 Å². The normalized spacial score (nSPS) is 12.8. The highest BCUT2D eigenvalue weighted by atomic mass is 79.9. The van der Waals surface area contributed by atoms with Crippen molar-refractivity contribution < 1.29 is 8.78 Å². The molecule has 2 rings (SSSR count). The van der Waals surface area contributed by atoms with Crippen LogP contribution in [0.5, 0.6) is 0 Å². The Labute approximate surface area is 124 Å². The molecule has 1 aromatic heterocycles. The van der Waals surface area contributed by atoms with E-state index in [0.717, 1.165) is 15.9 Å². The van der Waals surface area contributed by atoms with E-state index in [9.17, 15) is 8.78 Å². The van der Waals surface area contributed by atoms with E-state index in [1.165, 1.54) is 12.1 Å². The summed E-state index contributed by atoms with van der Waals surface area (Å²) < 4.78 is 30.4. The first-order chi connectivity index (χ1) is 9.32. The van der Waals surface area contributed by atoms with Crippen molar-refractivity contribution >= 4 is 15.9 Å². The predicted molar refractivity (Wildman–Crippen MR) is 77.4 cm³/mol. The molecule has 20 heavy (non-hydrogen) atoms. The number of aromatic nitrogens is 2. The van der Waals surface area contributed by atoms with Gasteiger partial charge in [-0.15, -0.1) is 0 Å². The summed E-state index contributed by atoms with van der Waals surface area (Å²) in [6.45, 7) is 3.45. The Morgan fingerprint density at radius 2 is 2.00 bits per heavy atom. The smallest absolute Gasteiger partial charge is 0.133 e. The van der Waals surface area contributed by atoms with E-state index in [2.05, 4.69) is 21.0 Å². The summed E-state index contributed by atoms with van der Waals surface area (Å²) in [5, 5.41) is 4.25. The van der Waals surface area contributed by atoms with Gasteiger partial charge in [-0.1, -0.05) is 6.07 Å². The van der Waals surface area contributed by atoms with Crippen LogP contribution in [0.1, 0.15) is 28.6 Å². The minimum Gasteiger partial charge on any atom is -0.323 e. The lowest BCUT2D eigenvalue weighted by molar-refractivity contribution is 0.513. The highest BCUT2D eigenvalue weighted by molar-refractivity contribution is 9.10. The predicted octanol–water partition coefficient (Wildman–Crippen LogP) is 3.32. The molecule has 6 heteroatoms. The maximum absolute atomic E-state index is 14.1. The van der Waals surface area contributed by atoms with Crippen molar-refractivity contribution in [3.05, 3.63) is 50.8 Å². The van der Waals surface area contributed by atoms with Crippen LogP contribution < -0.4 is 5.73 Å². The highest BCUT2D eigenvalue weighted by Crippen LogP contribution is 2.28. The minimum absolute atomic E-state index is 0.0734. The zero-order chi connectivity index (χ0) is 15.0. The van der Waals surface area contributed by atoms with Gasteiger partial charge in [-0.2, -0.15) is 5.10 Å². The zero-order valence-electron chi connectivity index (χ0n) is 11.5. The molecule has 1 heterocycles. The molecule has 0 bridgehead atoms. The van der Waals surface area contributed by atoms with Crippen LogP contribution in [-0.4, -0.2) is 9.78 Å². The van der Waals surface area contributed by atoms with Gasteiger partial charge in [0.15, 0.2) is 0 Å². The third-order valence-corrected chi connectivity index (χ3v) is 4.40. The molecular weight excluding hydrogens is 328 g/mol. The van der Waals surface area contributed by atoms with Crippen LogP contribution in [0, 0.1) is 25.5 Å². The SMILES string of the molecule is Cc1ccc(F)c(C(N)Cc2c(Br)c(C)nn2C)c1F. The van der Waals surface area contributed by atoms with Crippen LogP contribution in [0.15, 0.2) is 16.6 Å². The Bertz CT molecular complexity index is 652. The van der Waals surface area contributed by atoms with Gasteiger partial charge in [-0.25, -0.2) is 8.78 Å². The largest absolute Gasteiger partial charge is 0.323 e. The average molecular weight is 344 g/mol. The molecule has 0 saturated heterocycles. The molecule has 1 aromatic carbocycles. The van der Waals surface area contributed by atoms with E-state index in [0.29, 0.717) is 12.0 Å². The van der Waals surface area contributed by atoms with Crippen molar-refractivity contribution in [3.63, 3.8) is 0 Å². The van der Waals surface area contributed by atoms with Gasteiger partial charge in [0, 0.05) is 25.1 Å². The van der Waals surface area contributed by atoms with Gasteiger partial charge in [-0.3, -0.25) is 4.68 Å². The molecule has 0 spiro atoms. The van der Waals surface area contributed by atoms with Crippen molar-refractivity contribution in [1.29, 1.82) is 0 Å². The summed E-state index contributed by atoms with van der Waals surface area (Å²) >= 11 is 3.43. The van der Waals surface area contributed by atoms with Gasteiger partial charge < -0.3 is 5.73 Å². The number of halogens is 3. The summed E-state index contributed by atoms with van der Waals surface area (Å²) in [4.78, 5) is 0. The van der Waals surface area contributed by atoms with Crippen molar-refractivity contribution in [3.8, 4) is 0 Å². The zero-order valence-corrected chi connectivity index (χ0v) is 13.1. The summed E-state index contributed by atoms with van der Waals surface area (Å²) in [6.07, 6.45) is 0.301. The Morgan fingerprint density at radius 3 is 2.55 bits per heavy atom. The number of hydrogen-bond acceptors (Lipinski definition) is 2. The number of hydrogen-bond donors (Lipinski definition) is 1. The number of benzene rings is 1. The second-order valence-corrected chi connectivity index (χ2v) is 5.67. The van der Waals surface area contributed by atoms with Crippen molar-refractivity contribution in [2.75, 3.05) is 0 Å². The second kappa shape index (κ2) is 5.61. The maximum atomic E-state index is 14.1. The van der Waals surface area contributed by atoms with Crippen molar-refractivity contribution in [2.45, 2.75) is 26.3 Å². The molecule has 108 valence electrons. The fraction of sp³-hybridized carbons (Fsp3) is 0.357. The number of aryl methyl sites for hydroxylation is 3. The summed E-state index contributed by atoms with van der Waals surface area (Å²) in [7, 11) is 1.78. The maximum Gasteiger partial charge on any atom is 0.133 e. The van der Waals surface area contributed by atoms with Gasteiger partial charge >= 0.3 is 0 Å². The second-order valence-electron chi connectivity index (χ2n) is 4.87. The number of nitrogens with zero attached hydrogens (tertiary/aromatic N) is 2. The minimum atomic E-state index is -0.763. The molecular formula is C14H16BrF2N3. The van der Waals surface area contributed by atoms with Gasteiger partial charge in [0.2, 0.25) is 0 Å². The molecule has 2 aromatic rings. The molecule has 3 nitrogen and oxygen atoms in total. The summed E-state index contributed by atoms with van der Waals surface area (Å²) in [5.41, 5.74) is 7.95. The average Bonchev–Trinajstić information content (AvgIpc) is 2.61. The Balaban J connectivity index is 2.38. The molecule has 0 aliphatic carbocycles. The molecule has 0 saturated carbocycles. The first-order valence-electron chi connectivity index (χ1n) is 6.21. The van der Waals surface area contributed by atoms with Crippen LogP contribution in [0.25, 0.3) is 0 Å².